The van der Waals surface area contributed by atoms with Crippen LogP contribution in [0.5, 0.6) is 0 Å². The summed E-state index contributed by atoms with van der Waals surface area (Å²) in [6.07, 6.45) is 0. The summed E-state index contributed by atoms with van der Waals surface area (Å²) in [6.45, 7) is 0. The molecule has 0 bridgehead atoms. The number of hydrogen-bond acceptors (Lipinski definition) is 3. The van der Waals surface area contributed by atoms with Gasteiger partial charge in [-0.2, -0.15) is 4.98 Å². The van der Waals surface area contributed by atoms with Crippen molar-refractivity contribution >= 4 is 92.7 Å². The predicted molar refractivity (Wildman–Crippen MR) is 201 cm³/mol. The van der Waals surface area contributed by atoms with E-state index in [2.05, 4.69) is 142 Å². The number of nitrogens with zero attached hydrogens (tertiary/aromatic N) is 4. The van der Waals surface area contributed by atoms with Gasteiger partial charge in [0.05, 0.1) is 33.0 Å². The summed E-state index contributed by atoms with van der Waals surface area (Å²) in [6, 6.07) is 51.7. The van der Waals surface area contributed by atoms with Crippen LogP contribution in [0.4, 0.5) is 0 Å². The summed E-state index contributed by atoms with van der Waals surface area (Å²) in [5.74, 6) is 1.44. The minimum atomic E-state index is 0.576. The van der Waals surface area contributed by atoms with Crippen molar-refractivity contribution in [1.82, 2.24) is 18.9 Å². The molecule has 0 spiro atoms. The van der Waals surface area contributed by atoms with Crippen molar-refractivity contribution < 1.29 is 4.42 Å². The molecule has 0 aliphatic carbocycles. The van der Waals surface area contributed by atoms with Crippen LogP contribution >= 0.6 is 0 Å². The second kappa shape index (κ2) is 9.00. The van der Waals surface area contributed by atoms with E-state index >= 15 is 0 Å². The fraction of sp³-hybridized carbons (Fsp3) is 0. The van der Waals surface area contributed by atoms with E-state index in [0.29, 0.717) is 11.5 Å². The molecular weight excluding hydrogens is 601 g/mol. The van der Waals surface area contributed by atoms with Gasteiger partial charge in [0.25, 0.3) is 0 Å². The Morgan fingerprint density at radius 1 is 0.449 bits per heavy atom. The Labute approximate surface area is 278 Å². The number of hydrogen-bond donors (Lipinski definition) is 0. The van der Waals surface area contributed by atoms with Gasteiger partial charge in [-0.1, -0.05) is 109 Å². The van der Waals surface area contributed by atoms with Crippen LogP contribution in [0.1, 0.15) is 0 Å². The number of furan rings is 1. The summed E-state index contributed by atoms with van der Waals surface area (Å²) in [5.41, 5.74) is 8.20. The molecule has 5 heterocycles. The average molecular weight is 625 g/mol. The standard InChI is InChI=1S/C44H24N4O/c1-2-12-26-23-27(22-21-25(26)11-1)42-45-43(39-31-16-6-10-20-37(31)49-44(39)46-42)48-35-18-8-4-14-29(35)33-24-32-28-13-3-7-17-34(28)47-36-19-9-5-15-30(36)38(40(32)47)41(33)48/h1-24H. The zero-order valence-corrected chi connectivity index (χ0v) is 26.1. The highest BCUT2D eigenvalue weighted by Crippen LogP contribution is 2.47. The highest BCUT2D eigenvalue weighted by Gasteiger charge is 2.27. The van der Waals surface area contributed by atoms with Gasteiger partial charge < -0.3 is 8.82 Å². The van der Waals surface area contributed by atoms with Gasteiger partial charge in [-0.05, 0) is 47.2 Å². The van der Waals surface area contributed by atoms with E-state index in [9.17, 15) is 0 Å². The Balaban J connectivity index is 1.32. The highest BCUT2D eigenvalue weighted by atomic mass is 16.3. The fourth-order valence-corrected chi connectivity index (χ4v) is 8.40. The largest absolute Gasteiger partial charge is 0.437 e. The lowest BCUT2D eigenvalue weighted by molar-refractivity contribution is 0.653. The number of aromatic nitrogens is 4. The third kappa shape index (κ3) is 3.19. The molecule has 0 atom stereocenters. The predicted octanol–water partition coefficient (Wildman–Crippen LogP) is 11.4. The van der Waals surface area contributed by atoms with Crippen molar-refractivity contribution in [2.75, 3.05) is 0 Å². The molecular formula is C44H24N4O. The minimum Gasteiger partial charge on any atom is -0.437 e. The van der Waals surface area contributed by atoms with E-state index in [0.717, 1.165) is 44.2 Å². The molecule has 12 aromatic rings. The lowest BCUT2D eigenvalue weighted by atomic mass is 10.0. The third-order valence-electron chi connectivity index (χ3n) is 10.4. The molecule has 0 unspecified atom stereocenters. The molecule has 0 fully saturated rings. The normalized spacial score (nSPS) is 12.5. The summed E-state index contributed by atoms with van der Waals surface area (Å²) in [4.78, 5) is 10.6. The smallest absolute Gasteiger partial charge is 0.233 e. The maximum absolute atomic E-state index is 6.53. The van der Waals surface area contributed by atoms with Crippen molar-refractivity contribution in [2.24, 2.45) is 0 Å². The Hall–Kier alpha value is -6.72. The van der Waals surface area contributed by atoms with Crippen molar-refractivity contribution in [1.29, 1.82) is 0 Å². The lowest BCUT2D eigenvalue weighted by Gasteiger charge is -2.12. The molecule has 0 N–H and O–H groups in total. The van der Waals surface area contributed by atoms with Crippen LogP contribution in [0.25, 0.3) is 110 Å². The van der Waals surface area contributed by atoms with E-state index < -0.39 is 0 Å². The van der Waals surface area contributed by atoms with E-state index in [-0.39, 0.29) is 0 Å². The number of fused-ring (bicyclic) bond motifs is 14. The van der Waals surface area contributed by atoms with Gasteiger partial charge >= 0.3 is 0 Å². The molecule has 0 radical (unpaired) electrons. The maximum atomic E-state index is 6.53. The van der Waals surface area contributed by atoms with Crippen molar-refractivity contribution in [3.05, 3.63) is 146 Å². The second-order valence-electron chi connectivity index (χ2n) is 13.0. The SMILES string of the molecule is c1ccc2cc(-c3nc(-n4c5ccccc5c5cc6c7ccccc7n7c8ccccc8c(c54)c67)c4c(n3)oc3ccccc34)ccc2c1. The van der Waals surface area contributed by atoms with Crippen molar-refractivity contribution in [3.63, 3.8) is 0 Å². The Morgan fingerprint density at radius 2 is 1.08 bits per heavy atom. The summed E-state index contributed by atoms with van der Waals surface area (Å²) in [5, 5.41) is 11.6. The molecule has 7 aromatic carbocycles. The first-order valence-corrected chi connectivity index (χ1v) is 16.6. The quantitative estimate of drug-likeness (QED) is 0.192. The van der Waals surface area contributed by atoms with Crippen LogP contribution in [0.3, 0.4) is 0 Å². The Morgan fingerprint density at radius 3 is 1.92 bits per heavy atom. The monoisotopic (exact) mass is 624 g/mol. The van der Waals surface area contributed by atoms with Crippen LogP contribution in [0.15, 0.2) is 150 Å². The van der Waals surface area contributed by atoms with Crippen LogP contribution in [-0.2, 0) is 0 Å². The molecule has 5 nitrogen and oxygen atoms in total. The average Bonchev–Trinajstić information content (AvgIpc) is 3.89. The second-order valence-corrected chi connectivity index (χ2v) is 13.0. The first-order chi connectivity index (χ1) is 24.3. The van der Waals surface area contributed by atoms with E-state index in [1.807, 2.05) is 12.1 Å². The Bertz CT molecular complexity index is 3340. The Kier molecular flexibility index (Phi) is 4.66. The molecule has 0 saturated carbocycles. The maximum Gasteiger partial charge on any atom is 0.233 e. The van der Waals surface area contributed by atoms with Gasteiger partial charge in [0.1, 0.15) is 5.58 Å². The number of benzene rings is 7. The van der Waals surface area contributed by atoms with E-state index in [1.165, 1.54) is 54.3 Å². The molecule has 0 amide bonds. The molecule has 0 saturated heterocycles. The molecule has 5 heteroatoms. The van der Waals surface area contributed by atoms with Crippen LogP contribution < -0.4 is 0 Å². The molecule has 0 aliphatic rings. The first kappa shape index (κ1) is 25.4. The molecule has 0 aliphatic heterocycles. The highest BCUT2D eigenvalue weighted by molar-refractivity contribution is 6.34. The first-order valence-electron chi connectivity index (χ1n) is 16.6. The summed E-state index contributed by atoms with van der Waals surface area (Å²) < 4.78 is 11.3. The third-order valence-corrected chi connectivity index (χ3v) is 10.4. The molecule has 5 aromatic heterocycles. The lowest BCUT2D eigenvalue weighted by Crippen LogP contribution is -2.02. The molecule has 226 valence electrons. The van der Waals surface area contributed by atoms with Gasteiger partial charge in [-0.3, -0.25) is 4.57 Å². The summed E-state index contributed by atoms with van der Waals surface area (Å²) in [7, 11) is 0. The van der Waals surface area contributed by atoms with Crippen molar-refractivity contribution in [2.45, 2.75) is 0 Å². The number of rotatable bonds is 2. The zero-order chi connectivity index (χ0) is 31.8. The minimum absolute atomic E-state index is 0.576. The van der Waals surface area contributed by atoms with Crippen LogP contribution in [0, 0.1) is 0 Å². The van der Waals surface area contributed by atoms with Crippen molar-refractivity contribution in [3.8, 4) is 17.2 Å². The van der Waals surface area contributed by atoms with Gasteiger partial charge in [-0.15, -0.1) is 0 Å². The fourth-order valence-electron chi connectivity index (χ4n) is 8.40. The van der Waals surface area contributed by atoms with E-state index in [1.54, 1.807) is 0 Å². The van der Waals surface area contributed by atoms with Gasteiger partial charge in [0.15, 0.2) is 11.6 Å². The molecule has 49 heavy (non-hydrogen) atoms. The topological polar surface area (TPSA) is 48.3 Å². The van der Waals surface area contributed by atoms with Gasteiger partial charge in [-0.25, -0.2) is 4.98 Å². The van der Waals surface area contributed by atoms with Crippen LogP contribution in [-0.4, -0.2) is 18.9 Å². The number of para-hydroxylation sites is 4. The van der Waals surface area contributed by atoms with Gasteiger partial charge in [0, 0.05) is 43.3 Å². The summed E-state index contributed by atoms with van der Waals surface area (Å²) >= 11 is 0. The van der Waals surface area contributed by atoms with Gasteiger partial charge in [0.2, 0.25) is 5.71 Å². The molecule has 12 rings (SSSR count). The van der Waals surface area contributed by atoms with E-state index in [4.69, 9.17) is 14.4 Å². The zero-order valence-electron chi connectivity index (χ0n) is 26.1. The van der Waals surface area contributed by atoms with Crippen LogP contribution in [0.2, 0.25) is 0 Å².